The molecule has 0 unspecified atom stereocenters. The number of benzene rings is 1. The van der Waals surface area contributed by atoms with Crippen molar-refractivity contribution >= 4 is 44.2 Å². The van der Waals surface area contributed by atoms with E-state index in [1.807, 2.05) is 24.4 Å². The van der Waals surface area contributed by atoms with Crippen molar-refractivity contribution in [2.75, 3.05) is 37.5 Å². The van der Waals surface area contributed by atoms with Gasteiger partial charge in [0.25, 0.3) is 0 Å². The van der Waals surface area contributed by atoms with Crippen LogP contribution in [0.4, 0.5) is 11.6 Å². The molecule has 4 aromatic rings. The molecule has 188 valence electrons. The molecule has 5 rings (SSSR count). The van der Waals surface area contributed by atoms with Gasteiger partial charge >= 0.3 is 0 Å². The van der Waals surface area contributed by atoms with E-state index in [0.29, 0.717) is 49.4 Å². The number of halogens is 1. The molecule has 1 aromatic carbocycles. The van der Waals surface area contributed by atoms with E-state index in [-0.39, 0.29) is 4.90 Å². The standard InChI is InChI=1S/C25H27ClN6O3S/c1-18-3-4-19(15-24(18)36(33,34)32-11-13-35-14-12-32)29-25-28-9-6-22(30-25)21-17-31(10-2-7-26)23-16-27-8-5-20(21)23/h3-6,8-9,15-17H,2,7,10-14H2,1H3,(H,28,29,30). The van der Waals surface area contributed by atoms with Crippen molar-refractivity contribution in [1.82, 2.24) is 23.8 Å². The second-order valence-electron chi connectivity index (χ2n) is 8.56. The minimum atomic E-state index is -3.63. The van der Waals surface area contributed by atoms with Crippen molar-refractivity contribution in [3.8, 4) is 11.3 Å². The highest BCUT2D eigenvalue weighted by Gasteiger charge is 2.28. The molecule has 0 radical (unpaired) electrons. The Kier molecular flexibility index (Phi) is 7.20. The van der Waals surface area contributed by atoms with E-state index in [9.17, 15) is 8.42 Å². The summed E-state index contributed by atoms with van der Waals surface area (Å²) in [5.41, 5.74) is 4.01. The third kappa shape index (κ3) is 4.94. The third-order valence-corrected chi connectivity index (χ3v) is 8.49. The number of anilines is 2. The molecule has 9 nitrogen and oxygen atoms in total. The molecule has 3 aromatic heterocycles. The largest absolute Gasteiger partial charge is 0.379 e. The number of alkyl halides is 1. The van der Waals surface area contributed by atoms with Gasteiger partial charge in [-0.05, 0) is 43.2 Å². The lowest BCUT2D eigenvalue weighted by atomic mass is 10.1. The van der Waals surface area contributed by atoms with E-state index in [1.165, 1.54) is 4.31 Å². The second-order valence-corrected chi connectivity index (χ2v) is 10.8. The van der Waals surface area contributed by atoms with Crippen LogP contribution in [0.5, 0.6) is 0 Å². The van der Waals surface area contributed by atoms with E-state index < -0.39 is 10.0 Å². The lowest BCUT2D eigenvalue weighted by molar-refractivity contribution is 0.0730. The highest BCUT2D eigenvalue weighted by atomic mass is 35.5. The number of hydrogen-bond acceptors (Lipinski definition) is 7. The maximum absolute atomic E-state index is 13.2. The van der Waals surface area contributed by atoms with Crippen LogP contribution in [0.2, 0.25) is 0 Å². The maximum atomic E-state index is 13.2. The van der Waals surface area contributed by atoms with E-state index in [2.05, 4.69) is 26.0 Å². The van der Waals surface area contributed by atoms with Crippen molar-refractivity contribution in [3.05, 3.63) is 60.7 Å². The summed E-state index contributed by atoms with van der Waals surface area (Å²) in [4.78, 5) is 13.6. The molecule has 0 spiro atoms. The number of aromatic nitrogens is 4. The third-order valence-electron chi connectivity index (χ3n) is 6.18. The Morgan fingerprint density at radius 1 is 1.14 bits per heavy atom. The number of sulfonamides is 1. The average Bonchev–Trinajstić information content (AvgIpc) is 3.28. The van der Waals surface area contributed by atoms with Gasteiger partial charge in [-0.25, -0.2) is 18.4 Å². The zero-order valence-corrected chi connectivity index (χ0v) is 21.5. The highest BCUT2D eigenvalue weighted by Crippen LogP contribution is 2.30. The van der Waals surface area contributed by atoms with Crippen LogP contribution in [0.1, 0.15) is 12.0 Å². The van der Waals surface area contributed by atoms with Gasteiger partial charge in [-0.1, -0.05) is 6.07 Å². The molecule has 0 aliphatic carbocycles. The zero-order chi connectivity index (χ0) is 25.1. The highest BCUT2D eigenvalue weighted by molar-refractivity contribution is 7.89. The number of nitrogens with one attached hydrogen (secondary N) is 1. The molecule has 4 heterocycles. The Morgan fingerprint density at radius 3 is 2.78 bits per heavy atom. The van der Waals surface area contributed by atoms with Crippen LogP contribution in [0, 0.1) is 6.92 Å². The van der Waals surface area contributed by atoms with E-state index in [1.54, 1.807) is 31.5 Å². The summed E-state index contributed by atoms with van der Waals surface area (Å²) in [6.45, 7) is 4.07. The van der Waals surface area contributed by atoms with Gasteiger partial charge in [0.2, 0.25) is 16.0 Å². The summed E-state index contributed by atoms with van der Waals surface area (Å²) in [6, 6.07) is 9.08. The molecule has 1 saturated heterocycles. The summed E-state index contributed by atoms with van der Waals surface area (Å²) < 4.78 is 35.4. The van der Waals surface area contributed by atoms with Gasteiger partial charge in [-0.15, -0.1) is 11.6 Å². The first-order valence-corrected chi connectivity index (χ1v) is 13.7. The molecule has 1 aliphatic heterocycles. The number of hydrogen-bond donors (Lipinski definition) is 1. The van der Waals surface area contributed by atoms with Crippen LogP contribution in [-0.2, 0) is 21.3 Å². The molecule has 0 atom stereocenters. The fraction of sp³-hybridized carbons (Fsp3) is 0.320. The van der Waals surface area contributed by atoms with Gasteiger partial charge in [0.1, 0.15) is 0 Å². The number of ether oxygens (including phenoxy) is 1. The molecule has 1 fully saturated rings. The number of nitrogens with zero attached hydrogens (tertiary/aromatic N) is 5. The molecular weight excluding hydrogens is 500 g/mol. The van der Waals surface area contributed by atoms with E-state index in [0.717, 1.165) is 35.1 Å². The summed E-state index contributed by atoms with van der Waals surface area (Å²) in [5, 5.41) is 4.22. The molecular formula is C25H27ClN6O3S. The van der Waals surface area contributed by atoms with Crippen LogP contribution in [0.3, 0.4) is 0 Å². The summed E-state index contributed by atoms with van der Waals surface area (Å²) in [7, 11) is -3.63. The number of morpholine rings is 1. The SMILES string of the molecule is Cc1ccc(Nc2nccc(-c3cn(CCCCl)c4cnccc34)n2)cc1S(=O)(=O)N1CCOCC1. The van der Waals surface area contributed by atoms with Gasteiger partial charge < -0.3 is 14.6 Å². The summed E-state index contributed by atoms with van der Waals surface area (Å²) in [5.74, 6) is 0.957. The monoisotopic (exact) mass is 526 g/mol. The smallest absolute Gasteiger partial charge is 0.243 e. The molecule has 0 bridgehead atoms. The van der Waals surface area contributed by atoms with E-state index >= 15 is 0 Å². The second kappa shape index (κ2) is 10.5. The van der Waals surface area contributed by atoms with Crippen molar-refractivity contribution in [2.24, 2.45) is 0 Å². The van der Waals surface area contributed by atoms with Crippen LogP contribution in [0.15, 0.2) is 60.0 Å². The Bertz CT molecular complexity index is 1480. The molecule has 0 amide bonds. The molecule has 11 heteroatoms. The Hall–Kier alpha value is -3.05. The Labute approximate surface area is 215 Å². The first-order chi connectivity index (χ1) is 17.5. The lowest BCUT2D eigenvalue weighted by Crippen LogP contribution is -2.40. The molecule has 1 N–H and O–H groups in total. The minimum Gasteiger partial charge on any atom is -0.379 e. The topological polar surface area (TPSA) is 102 Å². The molecule has 0 saturated carbocycles. The summed E-state index contributed by atoms with van der Waals surface area (Å²) in [6.07, 6.45) is 8.20. The Balaban J connectivity index is 1.45. The van der Waals surface area contributed by atoms with Crippen LogP contribution >= 0.6 is 11.6 Å². The normalized spacial score (nSPS) is 14.8. The van der Waals surface area contributed by atoms with Crippen LogP contribution in [0.25, 0.3) is 22.2 Å². The Morgan fingerprint density at radius 2 is 1.97 bits per heavy atom. The van der Waals surface area contributed by atoms with Gasteiger partial charge in [-0.2, -0.15) is 4.31 Å². The van der Waals surface area contributed by atoms with Gasteiger partial charge in [0.05, 0.1) is 35.5 Å². The van der Waals surface area contributed by atoms with Gasteiger partial charge in [-0.3, -0.25) is 4.98 Å². The molecule has 36 heavy (non-hydrogen) atoms. The summed E-state index contributed by atoms with van der Waals surface area (Å²) >= 11 is 5.91. The first-order valence-electron chi connectivity index (χ1n) is 11.7. The zero-order valence-electron chi connectivity index (χ0n) is 19.9. The van der Waals surface area contributed by atoms with Crippen LogP contribution in [-0.4, -0.2) is 64.4 Å². The van der Waals surface area contributed by atoms with Crippen molar-refractivity contribution in [2.45, 2.75) is 24.8 Å². The maximum Gasteiger partial charge on any atom is 0.243 e. The van der Waals surface area contributed by atoms with Crippen molar-refractivity contribution in [1.29, 1.82) is 0 Å². The van der Waals surface area contributed by atoms with Gasteiger partial charge in [0, 0.05) is 60.7 Å². The number of fused-ring (bicyclic) bond motifs is 1. The van der Waals surface area contributed by atoms with E-state index in [4.69, 9.17) is 21.3 Å². The predicted octanol–water partition coefficient (Wildman–Crippen LogP) is 4.20. The number of rotatable bonds is 8. The van der Waals surface area contributed by atoms with Crippen molar-refractivity contribution in [3.63, 3.8) is 0 Å². The average molecular weight is 527 g/mol. The first kappa shape index (κ1) is 24.6. The fourth-order valence-corrected chi connectivity index (χ4v) is 6.12. The molecule has 1 aliphatic rings. The van der Waals surface area contributed by atoms with Crippen LogP contribution < -0.4 is 5.32 Å². The van der Waals surface area contributed by atoms with Crippen molar-refractivity contribution < 1.29 is 13.2 Å². The lowest BCUT2D eigenvalue weighted by Gasteiger charge is -2.26. The minimum absolute atomic E-state index is 0.264. The number of pyridine rings is 1. The quantitative estimate of drug-likeness (QED) is 0.343. The predicted molar refractivity (Wildman–Crippen MR) is 140 cm³/mol. The van der Waals surface area contributed by atoms with Gasteiger partial charge in [0.15, 0.2) is 0 Å². The fourth-order valence-electron chi connectivity index (χ4n) is 4.34. The number of aryl methyl sites for hydroxylation is 2.